The van der Waals surface area contributed by atoms with Gasteiger partial charge in [0.25, 0.3) is 0 Å². The SMILES string of the molecule is CC[C@H](C(=O)N[C@@H](C)CC)N(Cc1ccc(C)cc1)C(=O)CN(c1ccc(F)cc1)S(=O)(=O)N(C)C. The molecular formula is C26H37FN4O4S. The number of amides is 2. The van der Waals surface area contributed by atoms with E-state index in [4.69, 9.17) is 0 Å². The Morgan fingerprint density at radius 1 is 0.972 bits per heavy atom. The standard InChI is InChI=1S/C26H37FN4O4S/c1-7-20(4)28-26(33)24(8-2)30(17-21-11-9-19(3)10-12-21)25(32)18-31(36(34,35)29(5)6)23-15-13-22(27)14-16-23/h9-16,20,24H,7-8,17-18H2,1-6H3,(H,28,33)/t20-,24+/m0/s1. The smallest absolute Gasteiger partial charge is 0.304 e. The van der Waals surface area contributed by atoms with Crippen LogP contribution in [-0.2, 0) is 26.3 Å². The number of nitrogens with zero attached hydrogens (tertiary/aromatic N) is 3. The van der Waals surface area contributed by atoms with Crippen LogP contribution in [0.5, 0.6) is 0 Å². The van der Waals surface area contributed by atoms with Crippen LogP contribution in [0.3, 0.4) is 0 Å². The van der Waals surface area contributed by atoms with Crippen molar-refractivity contribution in [1.29, 1.82) is 0 Å². The van der Waals surface area contributed by atoms with Crippen LogP contribution in [0.15, 0.2) is 48.5 Å². The first kappa shape index (κ1) is 29.3. The molecular weight excluding hydrogens is 483 g/mol. The van der Waals surface area contributed by atoms with Gasteiger partial charge in [-0.1, -0.05) is 43.7 Å². The number of anilines is 1. The fourth-order valence-electron chi connectivity index (χ4n) is 3.58. The van der Waals surface area contributed by atoms with Gasteiger partial charge in [-0.25, -0.2) is 8.70 Å². The number of aryl methyl sites for hydroxylation is 1. The Bertz CT molecular complexity index is 1120. The lowest BCUT2D eigenvalue weighted by molar-refractivity contribution is -0.140. The number of benzene rings is 2. The molecule has 0 saturated carbocycles. The fourth-order valence-corrected chi connectivity index (χ4v) is 4.63. The lowest BCUT2D eigenvalue weighted by Crippen LogP contribution is -2.54. The summed E-state index contributed by atoms with van der Waals surface area (Å²) in [5.41, 5.74) is 2.01. The number of hydrogen-bond acceptors (Lipinski definition) is 4. The van der Waals surface area contributed by atoms with Crippen LogP contribution in [0.4, 0.5) is 10.1 Å². The summed E-state index contributed by atoms with van der Waals surface area (Å²) in [6.45, 7) is 7.18. The van der Waals surface area contributed by atoms with E-state index < -0.39 is 34.5 Å². The fraction of sp³-hybridized carbons (Fsp3) is 0.462. The van der Waals surface area contributed by atoms with E-state index in [0.29, 0.717) is 6.42 Å². The quantitative estimate of drug-likeness (QED) is 0.464. The Morgan fingerprint density at radius 3 is 2.06 bits per heavy atom. The van der Waals surface area contributed by atoms with Crippen LogP contribution in [0, 0.1) is 12.7 Å². The van der Waals surface area contributed by atoms with Gasteiger partial charge in [-0.3, -0.25) is 9.59 Å². The molecule has 2 amide bonds. The molecule has 0 aliphatic carbocycles. The maximum atomic E-state index is 13.7. The normalized spacial score (nSPS) is 13.2. The van der Waals surface area contributed by atoms with Gasteiger partial charge >= 0.3 is 10.2 Å². The molecule has 0 bridgehead atoms. The summed E-state index contributed by atoms with van der Waals surface area (Å²) in [6.07, 6.45) is 1.07. The molecule has 2 rings (SSSR count). The first-order valence-electron chi connectivity index (χ1n) is 12.0. The van der Waals surface area contributed by atoms with E-state index in [1.807, 2.05) is 52.0 Å². The van der Waals surface area contributed by atoms with Gasteiger partial charge in [0.05, 0.1) is 5.69 Å². The highest BCUT2D eigenvalue weighted by Crippen LogP contribution is 2.22. The molecule has 2 aromatic rings. The second kappa shape index (κ2) is 12.8. The van der Waals surface area contributed by atoms with Gasteiger partial charge < -0.3 is 10.2 Å². The topological polar surface area (TPSA) is 90.0 Å². The average Bonchev–Trinajstić information content (AvgIpc) is 2.83. The molecule has 0 aliphatic rings. The van der Waals surface area contributed by atoms with Crippen molar-refractivity contribution >= 4 is 27.7 Å². The zero-order valence-electron chi connectivity index (χ0n) is 21.9. The number of halogens is 1. The van der Waals surface area contributed by atoms with Crippen molar-refractivity contribution in [2.24, 2.45) is 0 Å². The Balaban J connectivity index is 2.48. The summed E-state index contributed by atoms with van der Waals surface area (Å²) >= 11 is 0. The summed E-state index contributed by atoms with van der Waals surface area (Å²) in [5.74, 6) is -1.37. The van der Waals surface area contributed by atoms with E-state index in [9.17, 15) is 22.4 Å². The number of hydrogen-bond donors (Lipinski definition) is 1. The zero-order chi connectivity index (χ0) is 27.0. The average molecular weight is 521 g/mol. The van der Waals surface area contributed by atoms with Crippen molar-refractivity contribution in [2.45, 2.75) is 59.2 Å². The van der Waals surface area contributed by atoms with Crippen molar-refractivity contribution in [3.8, 4) is 0 Å². The predicted molar refractivity (Wildman–Crippen MR) is 140 cm³/mol. The maximum Gasteiger partial charge on any atom is 0.304 e. The second-order valence-corrected chi connectivity index (χ2v) is 11.1. The Morgan fingerprint density at radius 2 is 1.56 bits per heavy atom. The van der Waals surface area contributed by atoms with Crippen LogP contribution >= 0.6 is 0 Å². The van der Waals surface area contributed by atoms with Crippen LogP contribution in [0.1, 0.15) is 44.7 Å². The maximum absolute atomic E-state index is 13.7. The van der Waals surface area contributed by atoms with Gasteiger partial charge in [-0.15, -0.1) is 0 Å². The molecule has 198 valence electrons. The molecule has 36 heavy (non-hydrogen) atoms. The monoisotopic (exact) mass is 520 g/mol. The van der Waals surface area contributed by atoms with Crippen molar-refractivity contribution in [2.75, 3.05) is 24.9 Å². The second-order valence-electron chi connectivity index (χ2n) is 9.02. The minimum Gasteiger partial charge on any atom is -0.352 e. The van der Waals surface area contributed by atoms with Gasteiger partial charge in [-0.05, 0) is 56.5 Å². The summed E-state index contributed by atoms with van der Waals surface area (Å²) in [7, 11) is -1.38. The van der Waals surface area contributed by atoms with Gasteiger partial charge in [0.15, 0.2) is 0 Å². The van der Waals surface area contributed by atoms with Crippen LogP contribution in [0.25, 0.3) is 0 Å². The molecule has 10 heteroatoms. The summed E-state index contributed by atoms with van der Waals surface area (Å²) < 4.78 is 41.7. The first-order chi connectivity index (χ1) is 16.9. The number of nitrogens with one attached hydrogen (secondary N) is 1. The Hall–Kier alpha value is -2.98. The van der Waals surface area contributed by atoms with E-state index in [-0.39, 0.29) is 24.2 Å². The largest absolute Gasteiger partial charge is 0.352 e. The molecule has 0 aromatic heterocycles. The van der Waals surface area contributed by atoms with Crippen molar-refractivity contribution in [3.63, 3.8) is 0 Å². The highest BCUT2D eigenvalue weighted by Gasteiger charge is 2.34. The summed E-state index contributed by atoms with van der Waals surface area (Å²) in [6, 6.07) is 11.6. The summed E-state index contributed by atoms with van der Waals surface area (Å²) in [5, 5.41) is 2.94. The van der Waals surface area contributed by atoms with Gasteiger partial charge in [-0.2, -0.15) is 12.7 Å². The van der Waals surface area contributed by atoms with Gasteiger partial charge in [0.2, 0.25) is 11.8 Å². The molecule has 2 atom stereocenters. The highest BCUT2D eigenvalue weighted by molar-refractivity contribution is 7.90. The third-order valence-corrected chi connectivity index (χ3v) is 7.81. The number of carbonyl (C=O) groups excluding carboxylic acids is 2. The minimum atomic E-state index is -4.09. The molecule has 0 aliphatic heterocycles. The predicted octanol–water partition coefficient (Wildman–Crippen LogP) is 3.47. The molecule has 0 radical (unpaired) electrons. The molecule has 0 saturated heterocycles. The molecule has 1 N–H and O–H groups in total. The molecule has 0 spiro atoms. The van der Waals surface area contributed by atoms with Crippen molar-refractivity contribution < 1.29 is 22.4 Å². The van der Waals surface area contributed by atoms with Gasteiger partial charge in [0.1, 0.15) is 18.4 Å². The van der Waals surface area contributed by atoms with E-state index in [2.05, 4.69) is 5.32 Å². The van der Waals surface area contributed by atoms with Gasteiger partial charge in [0, 0.05) is 26.7 Å². The third-order valence-electron chi connectivity index (χ3n) is 5.99. The Labute approximate surface area is 214 Å². The number of rotatable bonds is 12. The molecule has 0 heterocycles. The lowest BCUT2D eigenvalue weighted by atomic mass is 10.1. The van der Waals surface area contributed by atoms with Crippen molar-refractivity contribution in [3.05, 3.63) is 65.5 Å². The lowest BCUT2D eigenvalue weighted by Gasteiger charge is -2.34. The zero-order valence-corrected chi connectivity index (χ0v) is 22.7. The van der Waals surface area contributed by atoms with E-state index in [0.717, 1.165) is 38.3 Å². The van der Waals surface area contributed by atoms with E-state index in [1.54, 1.807) is 0 Å². The first-order valence-corrected chi connectivity index (χ1v) is 13.4. The third kappa shape index (κ3) is 7.51. The molecule has 8 nitrogen and oxygen atoms in total. The molecule has 0 fully saturated rings. The van der Waals surface area contributed by atoms with Crippen LogP contribution in [0.2, 0.25) is 0 Å². The van der Waals surface area contributed by atoms with Crippen LogP contribution in [-0.4, -0.2) is 62.2 Å². The Kier molecular flexibility index (Phi) is 10.4. The van der Waals surface area contributed by atoms with E-state index in [1.165, 1.54) is 31.1 Å². The molecule has 2 aromatic carbocycles. The summed E-state index contributed by atoms with van der Waals surface area (Å²) in [4.78, 5) is 28.3. The van der Waals surface area contributed by atoms with E-state index >= 15 is 0 Å². The van der Waals surface area contributed by atoms with Crippen LogP contribution < -0.4 is 9.62 Å². The highest BCUT2D eigenvalue weighted by atomic mass is 32.2. The van der Waals surface area contributed by atoms with Crippen molar-refractivity contribution in [1.82, 2.24) is 14.5 Å². The molecule has 0 unspecified atom stereocenters. The minimum absolute atomic E-state index is 0.0762. The number of carbonyl (C=O) groups is 2.